The molecule has 0 atom stereocenters. The van der Waals surface area contributed by atoms with Crippen LogP contribution in [0.3, 0.4) is 0 Å². The summed E-state index contributed by atoms with van der Waals surface area (Å²) >= 11 is 1.51. The molecule has 0 aliphatic heterocycles. The number of amides is 1. The van der Waals surface area contributed by atoms with Gasteiger partial charge < -0.3 is 19.5 Å². The third kappa shape index (κ3) is 6.81. The molecule has 1 rings (SSSR count). The number of nitrogens with zero attached hydrogens (tertiary/aromatic N) is 1. The number of carbonyl (C=O) groups excluding carboxylic acids is 1. The molecule has 0 unspecified atom stereocenters. The number of methoxy groups -OCH3 is 2. The quantitative estimate of drug-likeness (QED) is 0.658. The number of hydrogen-bond acceptors (Lipinski definition) is 5. The van der Waals surface area contributed by atoms with E-state index in [2.05, 4.69) is 0 Å². The summed E-state index contributed by atoms with van der Waals surface area (Å²) in [6.07, 6.45) is 0.976. The smallest absolute Gasteiger partial charge is 0.323 e. The van der Waals surface area contributed by atoms with E-state index in [0.717, 1.165) is 17.7 Å². The highest BCUT2D eigenvalue weighted by molar-refractivity contribution is 7.99. The molecule has 0 fully saturated rings. The summed E-state index contributed by atoms with van der Waals surface area (Å²) in [4.78, 5) is 24.6. The largest absolute Gasteiger partial charge is 0.497 e. The Bertz CT molecular complexity index is 513. The van der Waals surface area contributed by atoms with E-state index >= 15 is 0 Å². The van der Waals surface area contributed by atoms with Crippen molar-refractivity contribution in [3.63, 3.8) is 0 Å². The Hall–Kier alpha value is -1.89. The van der Waals surface area contributed by atoms with Gasteiger partial charge in [0, 0.05) is 12.6 Å². The number of rotatable bonds is 10. The Morgan fingerprint density at radius 1 is 1.17 bits per heavy atom. The zero-order valence-electron chi connectivity index (χ0n) is 13.7. The highest BCUT2D eigenvalue weighted by Gasteiger charge is 2.18. The summed E-state index contributed by atoms with van der Waals surface area (Å²) in [7, 11) is 3.08. The van der Waals surface area contributed by atoms with Crippen LogP contribution in [-0.2, 0) is 16.1 Å². The first-order valence-corrected chi connectivity index (χ1v) is 8.44. The molecular weight excluding hydrogens is 318 g/mol. The number of aliphatic carboxylic acids is 1. The van der Waals surface area contributed by atoms with Crippen molar-refractivity contribution in [3.05, 3.63) is 23.8 Å². The van der Waals surface area contributed by atoms with Gasteiger partial charge in [0.25, 0.3) is 0 Å². The Kier molecular flexibility index (Phi) is 8.32. The van der Waals surface area contributed by atoms with Crippen LogP contribution in [0.2, 0.25) is 0 Å². The van der Waals surface area contributed by atoms with E-state index in [1.165, 1.54) is 16.7 Å². The van der Waals surface area contributed by atoms with Crippen LogP contribution >= 0.6 is 11.8 Å². The number of thioether (sulfide) groups is 1. The summed E-state index contributed by atoms with van der Waals surface area (Å²) in [5, 5.41) is 9.03. The van der Waals surface area contributed by atoms with Crippen LogP contribution in [-0.4, -0.2) is 54.2 Å². The first kappa shape index (κ1) is 19.2. The molecule has 7 heteroatoms. The van der Waals surface area contributed by atoms with Gasteiger partial charge in [-0.2, -0.15) is 11.8 Å². The van der Waals surface area contributed by atoms with E-state index in [9.17, 15) is 9.59 Å². The summed E-state index contributed by atoms with van der Waals surface area (Å²) in [5.74, 6) is 1.13. The van der Waals surface area contributed by atoms with E-state index in [1.54, 1.807) is 32.4 Å². The van der Waals surface area contributed by atoms with E-state index in [1.807, 2.05) is 6.92 Å². The predicted octanol–water partition coefficient (Wildman–Crippen LogP) is 2.26. The molecule has 0 radical (unpaired) electrons. The van der Waals surface area contributed by atoms with Gasteiger partial charge in [-0.05, 0) is 29.9 Å². The van der Waals surface area contributed by atoms with Gasteiger partial charge >= 0.3 is 5.97 Å². The second kappa shape index (κ2) is 9.99. The van der Waals surface area contributed by atoms with Gasteiger partial charge in [-0.25, -0.2) is 0 Å². The fourth-order valence-electron chi connectivity index (χ4n) is 1.97. The zero-order valence-corrected chi connectivity index (χ0v) is 14.5. The molecule has 0 aliphatic rings. The number of carboxylic acid groups (broad SMARTS) is 1. The van der Waals surface area contributed by atoms with E-state index in [-0.39, 0.29) is 24.7 Å². The van der Waals surface area contributed by atoms with E-state index in [4.69, 9.17) is 14.6 Å². The average molecular weight is 341 g/mol. The highest BCUT2D eigenvalue weighted by Crippen LogP contribution is 2.23. The number of hydrogen-bond donors (Lipinski definition) is 1. The lowest BCUT2D eigenvalue weighted by Crippen LogP contribution is -2.36. The lowest BCUT2D eigenvalue weighted by Gasteiger charge is -2.21. The van der Waals surface area contributed by atoms with Crippen LogP contribution in [0, 0.1) is 0 Å². The molecule has 0 aliphatic carbocycles. The standard InChI is InChI=1S/C16H23NO5S/c1-4-5-23-11-15(18)17(10-16(19)20)9-12-6-13(21-2)8-14(7-12)22-3/h6-8H,4-5,9-11H2,1-3H3,(H,19,20). The Morgan fingerprint density at radius 3 is 2.26 bits per heavy atom. The minimum absolute atomic E-state index is 0.187. The average Bonchev–Trinajstić information content (AvgIpc) is 2.53. The molecule has 0 spiro atoms. The van der Waals surface area contributed by atoms with Crippen LogP contribution in [0.5, 0.6) is 11.5 Å². The molecule has 128 valence electrons. The maximum absolute atomic E-state index is 12.2. The van der Waals surface area contributed by atoms with Crippen molar-refractivity contribution in [3.8, 4) is 11.5 Å². The highest BCUT2D eigenvalue weighted by atomic mass is 32.2. The second-order valence-corrected chi connectivity index (χ2v) is 6.02. The molecule has 0 bridgehead atoms. The van der Waals surface area contributed by atoms with Crippen LogP contribution < -0.4 is 9.47 Å². The summed E-state index contributed by atoms with van der Waals surface area (Å²) < 4.78 is 10.4. The fraction of sp³-hybridized carbons (Fsp3) is 0.500. The molecule has 1 amide bonds. The van der Waals surface area contributed by atoms with Crippen molar-refractivity contribution in [1.82, 2.24) is 4.90 Å². The Morgan fingerprint density at radius 2 is 1.78 bits per heavy atom. The molecular formula is C16H23NO5S. The SMILES string of the molecule is CCCSCC(=O)N(CC(=O)O)Cc1cc(OC)cc(OC)c1. The molecule has 0 aromatic heterocycles. The van der Waals surface area contributed by atoms with Crippen molar-refractivity contribution >= 4 is 23.6 Å². The first-order chi connectivity index (χ1) is 11.0. The summed E-state index contributed by atoms with van der Waals surface area (Å²) in [6.45, 7) is 1.91. The lowest BCUT2D eigenvalue weighted by atomic mass is 10.2. The van der Waals surface area contributed by atoms with Gasteiger partial charge in [0.05, 0.1) is 20.0 Å². The molecule has 1 N–H and O–H groups in total. The van der Waals surface area contributed by atoms with Crippen LogP contribution in [0.4, 0.5) is 0 Å². The third-order valence-corrected chi connectivity index (χ3v) is 4.19. The van der Waals surface area contributed by atoms with Gasteiger partial charge in [-0.3, -0.25) is 9.59 Å². The minimum atomic E-state index is -1.03. The van der Waals surface area contributed by atoms with Crippen molar-refractivity contribution < 1.29 is 24.2 Å². The van der Waals surface area contributed by atoms with Crippen molar-refractivity contribution in [2.75, 3.05) is 32.3 Å². The second-order valence-electron chi connectivity index (χ2n) is 4.92. The first-order valence-electron chi connectivity index (χ1n) is 7.29. The molecule has 0 saturated carbocycles. The Balaban J connectivity index is 2.87. The molecule has 0 saturated heterocycles. The summed E-state index contributed by atoms with van der Waals surface area (Å²) in [5.41, 5.74) is 0.760. The maximum Gasteiger partial charge on any atom is 0.323 e. The van der Waals surface area contributed by atoms with Crippen molar-refractivity contribution in [2.24, 2.45) is 0 Å². The fourth-order valence-corrected chi connectivity index (χ4v) is 2.76. The predicted molar refractivity (Wildman–Crippen MR) is 90.2 cm³/mol. The molecule has 1 aromatic carbocycles. The van der Waals surface area contributed by atoms with E-state index in [0.29, 0.717) is 11.5 Å². The van der Waals surface area contributed by atoms with Gasteiger partial charge in [0.1, 0.15) is 18.0 Å². The Labute approximate surface area is 140 Å². The van der Waals surface area contributed by atoms with Gasteiger partial charge in [-0.15, -0.1) is 0 Å². The lowest BCUT2D eigenvalue weighted by molar-refractivity contribution is -0.143. The van der Waals surface area contributed by atoms with Crippen LogP contribution in [0.25, 0.3) is 0 Å². The van der Waals surface area contributed by atoms with Gasteiger partial charge in [0.2, 0.25) is 5.91 Å². The number of carbonyl (C=O) groups is 2. The molecule has 1 aromatic rings. The van der Waals surface area contributed by atoms with Gasteiger partial charge in [0.15, 0.2) is 0 Å². The van der Waals surface area contributed by atoms with Crippen molar-refractivity contribution in [1.29, 1.82) is 0 Å². The number of benzene rings is 1. The normalized spacial score (nSPS) is 10.2. The maximum atomic E-state index is 12.2. The zero-order chi connectivity index (χ0) is 17.2. The van der Waals surface area contributed by atoms with Crippen molar-refractivity contribution in [2.45, 2.75) is 19.9 Å². The minimum Gasteiger partial charge on any atom is -0.497 e. The third-order valence-electron chi connectivity index (χ3n) is 3.04. The van der Waals surface area contributed by atoms with E-state index < -0.39 is 5.97 Å². The molecule has 23 heavy (non-hydrogen) atoms. The van der Waals surface area contributed by atoms with Crippen LogP contribution in [0.1, 0.15) is 18.9 Å². The van der Waals surface area contributed by atoms with Crippen LogP contribution in [0.15, 0.2) is 18.2 Å². The molecule has 6 nitrogen and oxygen atoms in total. The topological polar surface area (TPSA) is 76.1 Å². The number of ether oxygens (including phenoxy) is 2. The molecule has 0 heterocycles. The van der Waals surface area contributed by atoms with Gasteiger partial charge in [-0.1, -0.05) is 6.92 Å². The number of carboxylic acids is 1. The monoisotopic (exact) mass is 341 g/mol. The summed E-state index contributed by atoms with van der Waals surface area (Å²) in [6, 6.07) is 5.26.